The molecule has 0 aliphatic carbocycles. The lowest BCUT2D eigenvalue weighted by molar-refractivity contribution is -0.160. The molecule has 1 saturated heterocycles. The quantitative estimate of drug-likeness (QED) is 0.498. The summed E-state index contributed by atoms with van der Waals surface area (Å²) in [6, 6.07) is 0. The van der Waals surface area contributed by atoms with Crippen molar-refractivity contribution in [1.29, 1.82) is 0 Å². The van der Waals surface area contributed by atoms with Gasteiger partial charge in [-0.2, -0.15) is 0 Å². The van der Waals surface area contributed by atoms with Gasteiger partial charge in [0, 0.05) is 0 Å². The molecule has 1 heterocycles. The second-order valence-corrected chi connectivity index (χ2v) is 4.42. The summed E-state index contributed by atoms with van der Waals surface area (Å²) in [4.78, 5) is 11.6. The first-order valence-corrected chi connectivity index (χ1v) is 4.78. The Labute approximate surface area is 79.4 Å². The predicted molar refractivity (Wildman–Crippen MR) is 49.4 cm³/mol. The smallest absolute Gasteiger partial charge is 0.312 e. The fraction of sp³-hybridized carbons (Fsp3) is 0.900. The molecule has 0 saturated carbocycles. The van der Waals surface area contributed by atoms with Gasteiger partial charge in [-0.1, -0.05) is 6.92 Å². The summed E-state index contributed by atoms with van der Waals surface area (Å²) in [5, 5.41) is 0. The largest absolute Gasteiger partial charge is 0.460 e. The van der Waals surface area contributed by atoms with E-state index in [1.807, 2.05) is 27.7 Å². The Morgan fingerprint density at radius 2 is 2.15 bits per heavy atom. The van der Waals surface area contributed by atoms with Crippen molar-refractivity contribution in [3.8, 4) is 0 Å². The molecule has 1 fully saturated rings. The van der Waals surface area contributed by atoms with Crippen LogP contribution in [0.3, 0.4) is 0 Å². The van der Waals surface area contributed by atoms with Crippen LogP contribution in [0.4, 0.5) is 0 Å². The Kier molecular flexibility index (Phi) is 2.96. The van der Waals surface area contributed by atoms with Crippen LogP contribution in [0.2, 0.25) is 0 Å². The third-order valence-corrected chi connectivity index (χ3v) is 1.96. The van der Waals surface area contributed by atoms with E-state index in [0.717, 1.165) is 6.42 Å². The Morgan fingerprint density at radius 3 is 2.46 bits per heavy atom. The second-order valence-electron chi connectivity index (χ2n) is 4.42. The van der Waals surface area contributed by atoms with Crippen molar-refractivity contribution >= 4 is 5.97 Å². The Bertz CT molecular complexity index is 189. The molecule has 3 heteroatoms. The number of carbonyl (C=O) groups is 1. The third-order valence-electron chi connectivity index (χ3n) is 1.96. The zero-order valence-electron chi connectivity index (χ0n) is 8.79. The number of ether oxygens (including phenoxy) is 2. The van der Waals surface area contributed by atoms with Gasteiger partial charge in [0.2, 0.25) is 0 Å². The Hall–Kier alpha value is -0.570. The SMILES string of the molecule is CCC(C(=O)OC(C)(C)C)C1CO1. The molecule has 1 rings (SSSR count). The minimum absolute atomic E-state index is 0.0702. The molecule has 76 valence electrons. The van der Waals surface area contributed by atoms with Crippen molar-refractivity contribution in [3.63, 3.8) is 0 Å². The van der Waals surface area contributed by atoms with E-state index < -0.39 is 0 Å². The maximum absolute atomic E-state index is 11.6. The lowest BCUT2D eigenvalue weighted by atomic mass is 10.0. The van der Waals surface area contributed by atoms with Crippen molar-refractivity contribution in [3.05, 3.63) is 0 Å². The molecule has 2 unspecified atom stereocenters. The molecule has 3 nitrogen and oxygen atoms in total. The van der Waals surface area contributed by atoms with Crippen LogP contribution in [0.1, 0.15) is 34.1 Å². The fourth-order valence-corrected chi connectivity index (χ4v) is 1.25. The van der Waals surface area contributed by atoms with Gasteiger partial charge in [0.15, 0.2) is 0 Å². The van der Waals surface area contributed by atoms with Crippen molar-refractivity contribution in [2.75, 3.05) is 6.61 Å². The van der Waals surface area contributed by atoms with Gasteiger partial charge in [-0.25, -0.2) is 0 Å². The van der Waals surface area contributed by atoms with E-state index in [2.05, 4.69) is 0 Å². The van der Waals surface area contributed by atoms with E-state index in [1.54, 1.807) is 0 Å². The van der Waals surface area contributed by atoms with E-state index in [9.17, 15) is 4.79 Å². The molecule has 2 atom stereocenters. The van der Waals surface area contributed by atoms with E-state index >= 15 is 0 Å². The van der Waals surface area contributed by atoms with Gasteiger partial charge in [0.25, 0.3) is 0 Å². The van der Waals surface area contributed by atoms with Gasteiger partial charge >= 0.3 is 5.97 Å². The van der Waals surface area contributed by atoms with Crippen LogP contribution in [-0.2, 0) is 14.3 Å². The molecule has 0 amide bonds. The zero-order valence-corrected chi connectivity index (χ0v) is 8.79. The van der Waals surface area contributed by atoms with Crippen LogP contribution in [0.25, 0.3) is 0 Å². The molecule has 13 heavy (non-hydrogen) atoms. The summed E-state index contributed by atoms with van der Waals surface area (Å²) in [5.41, 5.74) is -0.389. The van der Waals surface area contributed by atoms with Crippen molar-refractivity contribution in [2.45, 2.75) is 45.8 Å². The highest BCUT2D eigenvalue weighted by molar-refractivity contribution is 5.73. The maximum atomic E-state index is 11.6. The summed E-state index contributed by atoms with van der Waals surface area (Å²) in [7, 11) is 0. The van der Waals surface area contributed by atoms with Crippen LogP contribution in [-0.4, -0.2) is 24.3 Å². The average Bonchev–Trinajstić information content (AvgIpc) is 2.68. The van der Waals surface area contributed by atoms with Gasteiger partial charge in [-0.15, -0.1) is 0 Å². The minimum atomic E-state index is -0.389. The summed E-state index contributed by atoms with van der Waals surface area (Å²) < 4.78 is 10.4. The first-order valence-electron chi connectivity index (χ1n) is 4.78. The summed E-state index contributed by atoms with van der Waals surface area (Å²) in [6.45, 7) is 8.33. The molecule has 0 radical (unpaired) electrons. The normalized spacial score (nSPS) is 23.8. The Morgan fingerprint density at radius 1 is 1.62 bits per heavy atom. The molecule has 1 aliphatic heterocycles. The average molecular weight is 186 g/mol. The number of rotatable bonds is 3. The maximum Gasteiger partial charge on any atom is 0.312 e. The first-order chi connectivity index (χ1) is 5.94. The second kappa shape index (κ2) is 3.66. The van der Waals surface area contributed by atoms with Crippen LogP contribution >= 0.6 is 0 Å². The van der Waals surface area contributed by atoms with Gasteiger partial charge in [0.05, 0.1) is 18.6 Å². The number of esters is 1. The number of hydrogen-bond donors (Lipinski definition) is 0. The highest BCUT2D eigenvalue weighted by atomic mass is 16.6. The summed E-state index contributed by atoms with van der Waals surface area (Å²) in [6.07, 6.45) is 0.902. The Balaban J connectivity index is 2.44. The number of epoxide rings is 1. The highest BCUT2D eigenvalue weighted by Crippen LogP contribution is 2.25. The summed E-state index contributed by atoms with van der Waals surface area (Å²) >= 11 is 0. The predicted octanol–water partition coefficient (Wildman–Crippen LogP) is 1.75. The standard InChI is InChI=1S/C10H18O3/c1-5-7(8-6-12-8)9(11)13-10(2,3)4/h7-8H,5-6H2,1-4H3. The summed E-state index contributed by atoms with van der Waals surface area (Å²) in [5.74, 6) is -0.197. The first kappa shape index (κ1) is 10.5. The molecule has 0 aromatic heterocycles. The van der Waals surface area contributed by atoms with Crippen LogP contribution in [0.15, 0.2) is 0 Å². The molecule has 0 aromatic rings. The van der Waals surface area contributed by atoms with Crippen molar-refractivity contribution < 1.29 is 14.3 Å². The van der Waals surface area contributed by atoms with E-state index in [1.165, 1.54) is 0 Å². The van der Waals surface area contributed by atoms with Crippen molar-refractivity contribution in [2.24, 2.45) is 5.92 Å². The molecular formula is C10H18O3. The molecular weight excluding hydrogens is 168 g/mol. The molecule has 0 aromatic carbocycles. The molecule has 0 N–H and O–H groups in total. The zero-order chi connectivity index (χ0) is 10.1. The molecule has 0 bridgehead atoms. The molecule has 1 aliphatic rings. The topological polar surface area (TPSA) is 38.8 Å². The fourth-order valence-electron chi connectivity index (χ4n) is 1.25. The van der Waals surface area contributed by atoms with Crippen LogP contribution in [0, 0.1) is 5.92 Å². The minimum Gasteiger partial charge on any atom is -0.460 e. The lowest BCUT2D eigenvalue weighted by Crippen LogP contribution is -2.30. The monoisotopic (exact) mass is 186 g/mol. The number of hydrogen-bond acceptors (Lipinski definition) is 3. The van der Waals surface area contributed by atoms with Crippen LogP contribution < -0.4 is 0 Å². The van der Waals surface area contributed by atoms with Crippen LogP contribution in [0.5, 0.6) is 0 Å². The van der Waals surface area contributed by atoms with E-state index in [0.29, 0.717) is 6.61 Å². The molecule has 0 spiro atoms. The highest BCUT2D eigenvalue weighted by Gasteiger charge is 2.38. The van der Waals surface area contributed by atoms with Gasteiger partial charge in [-0.05, 0) is 27.2 Å². The lowest BCUT2D eigenvalue weighted by Gasteiger charge is -2.22. The van der Waals surface area contributed by atoms with Gasteiger partial charge < -0.3 is 9.47 Å². The van der Waals surface area contributed by atoms with Gasteiger partial charge in [0.1, 0.15) is 5.60 Å². The van der Waals surface area contributed by atoms with E-state index in [4.69, 9.17) is 9.47 Å². The van der Waals surface area contributed by atoms with Crippen molar-refractivity contribution in [1.82, 2.24) is 0 Å². The number of carbonyl (C=O) groups excluding carboxylic acids is 1. The van der Waals surface area contributed by atoms with E-state index in [-0.39, 0.29) is 23.6 Å². The van der Waals surface area contributed by atoms with Gasteiger partial charge in [-0.3, -0.25) is 4.79 Å². The third kappa shape index (κ3) is 3.35.